The molecule has 18 heavy (non-hydrogen) atoms. The minimum atomic E-state index is -0.413. The summed E-state index contributed by atoms with van der Waals surface area (Å²) in [5.41, 5.74) is 0. The normalized spacial score (nSPS) is 10.6. The van der Waals surface area contributed by atoms with E-state index in [1.54, 1.807) is 6.07 Å². The number of rotatable bonds is 7. The Bertz CT molecular complexity index is 417. The molecule has 1 aromatic rings. The predicted octanol–water partition coefficient (Wildman–Crippen LogP) is 1.52. The van der Waals surface area contributed by atoms with Crippen LogP contribution in [0.5, 0.6) is 0 Å². The second-order valence-corrected chi connectivity index (χ2v) is 5.45. The van der Waals surface area contributed by atoms with Crippen LogP contribution in [0, 0.1) is 16.0 Å². The Morgan fingerprint density at radius 3 is 2.78 bits per heavy atom. The zero-order chi connectivity index (χ0) is 13.5. The fraction of sp³-hybridized carbons (Fsp3) is 0.545. The van der Waals surface area contributed by atoms with Gasteiger partial charge >= 0.3 is 5.00 Å². The largest absolute Gasteiger partial charge is 0.355 e. The van der Waals surface area contributed by atoms with Crippen LogP contribution in [0.15, 0.2) is 12.1 Å². The summed E-state index contributed by atoms with van der Waals surface area (Å²) in [5, 5.41) is 16.3. The third-order valence-electron chi connectivity index (χ3n) is 2.12. The van der Waals surface area contributed by atoms with E-state index in [0.29, 0.717) is 19.0 Å². The van der Waals surface area contributed by atoms with Crippen LogP contribution in [0.4, 0.5) is 5.00 Å². The van der Waals surface area contributed by atoms with E-state index < -0.39 is 4.92 Å². The van der Waals surface area contributed by atoms with Gasteiger partial charge in [-0.3, -0.25) is 14.9 Å². The molecule has 0 saturated heterocycles. The highest BCUT2D eigenvalue weighted by atomic mass is 32.1. The third-order valence-corrected chi connectivity index (χ3v) is 3.16. The lowest BCUT2D eigenvalue weighted by Crippen LogP contribution is -2.35. The van der Waals surface area contributed by atoms with Crippen molar-refractivity contribution in [2.75, 3.05) is 13.1 Å². The molecule has 0 unspecified atom stereocenters. The summed E-state index contributed by atoms with van der Waals surface area (Å²) in [5.74, 6) is 0.364. The monoisotopic (exact) mass is 271 g/mol. The number of nitro groups is 1. The van der Waals surface area contributed by atoms with E-state index >= 15 is 0 Å². The number of thiophene rings is 1. The molecule has 6 nitrogen and oxygen atoms in total. The summed E-state index contributed by atoms with van der Waals surface area (Å²) in [6, 6.07) is 3.17. The first kappa shape index (κ1) is 14.6. The highest BCUT2D eigenvalue weighted by Crippen LogP contribution is 2.23. The molecule has 0 atom stereocenters. The molecule has 0 aliphatic rings. The molecule has 0 aliphatic heterocycles. The van der Waals surface area contributed by atoms with Crippen LogP contribution in [0.2, 0.25) is 0 Å². The van der Waals surface area contributed by atoms with E-state index in [1.807, 2.05) is 13.8 Å². The molecule has 0 spiro atoms. The molecular weight excluding hydrogens is 254 g/mol. The second kappa shape index (κ2) is 7.07. The molecule has 0 radical (unpaired) electrons. The minimum absolute atomic E-state index is 0.0604. The van der Waals surface area contributed by atoms with Crippen molar-refractivity contribution in [2.45, 2.75) is 20.4 Å². The number of nitrogens with zero attached hydrogens (tertiary/aromatic N) is 1. The predicted molar refractivity (Wildman–Crippen MR) is 70.5 cm³/mol. The van der Waals surface area contributed by atoms with Gasteiger partial charge in [-0.1, -0.05) is 25.2 Å². The van der Waals surface area contributed by atoms with E-state index in [-0.39, 0.29) is 17.5 Å². The van der Waals surface area contributed by atoms with Gasteiger partial charge in [-0.25, -0.2) is 0 Å². The van der Waals surface area contributed by atoms with Gasteiger partial charge in [0.1, 0.15) is 0 Å². The fourth-order valence-electron chi connectivity index (χ4n) is 1.24. The van der Waals surface area contributed by atoms with Gasteiger partial charge in [-0.2, -0.15) is 0 Å². The van der Waals surface area contributed by atoms with E-state index in [1.165, 1.54) is 6.07 Å². The van der Waals surface area contributed by atoms with Crippen molar-refractivity contribution in [1.82, 2.24) is 10.6 Å². The maximum absolute atomic E-state index is 11.4. The van der Waals surface area contributed by atoms with Crippen molar-refractivity contribution in [1.29, 1.82) is 0 Å². The topological polar surface area (TPSA) is 84.3 Å². The number of nitrogens with one attached hydrogen (secondary N) is 2. The van der Waals surface area contributed by atoms with Crippen molar-refractivity contribution >= 4 is 22.2 Å². The molecule has 0 saturated carbocycles. The average Bonchev–Trinajstić information content (AvgIpc) is 2.75. The Balaban J connectivity index is 2.24. The minimum Gasteiger partial charge on any atom is -0.355 e. The number of carbonyl (C=O) groups excluding carboxylic acids is 1. The van der Waals surface area contributed by atoms with Crippen molar-refractivity contribution in [3.05, 3.63) is 27.1 Å². The summed E-state index contributed by atoms with van der Waals surface area (Å²) in [6.07, 6.45) is 0. The van der Waals surface area contributed by atoms with Gasteiger partial charge in [0.2, 0.25) is 5.91 Å². The molecule has 0 aliphatic carbocycles. The van der Waals surface area contributed by atoms with E-state index in [0.717, 1.165) is 16.2 Å². The summed E-state index contributed by atoms with van der Waals surface area (Å²) >= 11 is 1.12. The molecule has 0 fully saturated rings. The first-order valence-corrected chi connectivity index (χ1v) is 6.51. The van der Waals surface area contributed by atoms with Crippen molar-refractivity contribution in [2.24, 2.45) is 5.92 Å². The highest BCUT2D eigenvalue weighted by molar-refractivity contribution is 7.15. The van der Waals surface area contributed by atoms with Crippen LogP contribution in [0.25, 0.3) is 0 Å². The summed E-state index contributed by atoms with van der Waals surface area (Å²) in [4.78, 5) is 22.3. The van der Waals surface area contributed by atoms with Gasteiger partial charge in [0.15, 0.2) is 0 Å². The molecule has 7 heteroatoms. The smallest absolute Gasteiger partial charge is 0.324 e. The number of hydrogen-bond donors (Lipinski definition) is 2. The van der Waals surface area contributed by atoms with Crippen molar-refractivity contribution in [3.63, 3.8) is 0 Å². The van der Waals surface area contributed by atoms with Crippen LogP contribution in [0.3, 0.4) is 0 Å². The van der Waals surface area contributed by atoms with Crippen LogP contribution in [0.1, 0.15) is 18.7 Å². The quantitative estimate of drug-likeness (QED) is 0.581. The molecule has 1 amide bonds. The lowest BCUT2D eigenvalue weighted by molar-refractivity contribution is -0.380. The Hall–Kier alpha value is -1.47. The lowest BCUT2D eigenvalue weighted by atomic mass is 10.2. The standard InChI is InChI=1S/C11H17N3O3S/c1-8(2)5-13-10(15)7-12-6-9-3-4-11(18-9)14(16)17/h3-4,8,12H,5-7H2,1-2H3,(H,13,15). The maximum atomic E-state index is 11.4. The lowest BCUT2D eigenvalue weighted by Gasteiger charge is -2.07. The first-order valence-electron chi connectivity index (χ1n) is 5.69. The number of amides is 1. The molecule has 100 valence electrons. The van der Waals surface area contributed by atoms with Gasteiger partial charge < -0.3 is 10.6 Å². The molecule has 1 rings (SSSR count). The van der Waals surface area contributed by atoms with Gasteiger partial charge in [0.05, 0.1) is 11.5 Å². The second-order valence-electron chi connectivity index (χ2n) is 4.30. The third kappa shape index (κ3) is 5.24. The molecule has 1 aromatic heterocycles. The first-order chi connectivity index (χ1) is 8.49. The summed E-state index contributed by atoms with van der Waals surface area (Å²) in [7, 11) is 0. The van der Waals surface area contributed by atoms with E-state index in [9.17, 15) is 14.9 Å². The van der Waals surface area contributed by atoms with Gasteiger partial charge in [0, 0.05) is 24.0 Å². The zero-order valence-corrected chi connectivity index (χ0v) is 11.3. The zero-order valence-electron chi connectivity index (χ0n) is 10.4. The Morgan fingerprint density at radius 2 is 2.22 bits per heavy atom. The van der Waals surface area contributed by atoms with Crippen LogP contribution in [-0.2, 0) is 11.3 Å². The molecule has 0 aromatic carbocycles. The van der Waals surface area contributed by atoms with Gasteiger partial charge in [0.25, 0.3) is 0 Å². The van der Waals surface area contributed by atoms with E-state index in [2.05, 4.69) is 10.6 Å². The molecular formula is C11H17N3O3S. The van der Waals surface area contributed by atoms with Crippen LogP contribution < -0.4 is 10.6 Å². The van der Waals surface area contributed by atoms with Gasteiger partial charge in [-0.05, 0) is 12.0 Å². The fourth-order valence-corrected chi connectivity index (χ4v) is 2.03. The van der Waals surface area contributed by atoms with Gasteiger partial charge in [-0.15, -0.1) is 0 Å². The highest BCUT2D eigenvalue weighted by Gasteiger charge is 2.09. The number of carbonyl (C=O) groups is 1. The summed E-state index contributed by atoms with van der Waals surface area (Å²) in [6.45, 7) is 5.40. The Morgan fingerprint density at radius 1 is 1.50 bits per heavy atom. The van der Waals surface area contributed by atoms with Crippen molar-refractivity contribution < 1.29 is 9.72 Å². The molecule has 2 N–H and O–H groups in total. The maximum Gasteiger partial charge on any atom is 0.324 e. The molecule has 0 bridgehead atoms. The Labute approximate surface area is 110 Å². The molecule has 1 heterocycles. The number of hydrogen-bond acceptors (Lipinski definition) is 5. The summed E-state index contributed by atoms with van der Waals surface area (Å²) < 4.78 is 0. The SMILES string of the molecule is CC(C)CNC(=O)CNCc1ccc([N+](=O)[O-])s1. The van der Waals surface area contributed by atoms with Crippen LogP contribution in [-0.4, -0.2) is 23.9 Å². The van der Waals surface area contributed by atoms with Crippen LogP contribution >= 0.6 is 11.3 Å². The average molecular weight is 271 g/mol. The van der Waals surface area contributed by atoms with Crippen molar-refractivity contribution in [3.8, 4) is 0 Å². The van der Waals surface area contributed by atoms with E-state index in [4.69, 9.17) is 0 Å². The Kier molecular flexibility index (Phi) is 5.73.